The zero-order valence-corrected chi connectivity index (χ0v) is 11.9. The van der Waals surface area contributed by atoms with Crippen LogP contribution in [0.4, 0.5) is 0 Å². The molecule has 0 saturated carbocycles. The molecule has 0 aliphatic carbocycles. The molecule has 0 fully saturated rings. The first-order valence-corrected chi connectivity index (χ1v) is 6.92. The Morgan fingerprint density at radius 1 is 1.31 bits per heavy atom. The molecule has 0 aliphatic rings. The van der Waals surface area contributed by atoms with Gasteiger partial charge in [0, 0.05) is 19.8 Å². The minimum Gasteiger partial charge on any atom is -0.309 e. The summed E-state index contributed by atoms with van der Waals surface area (Å²) in [5.41, 5.74) is 1.22. The van der Waals surface area contributed by atoms with Crippen LogP contribution < -0.4 is 5.32 Å². The summed E-state index contributed by atoms with van der Waals surface area (Å²) >= 11 is 11.1. The predicted molar refractivity (Wildman–Crippen MR) is 74.4 cm³/mol. The lowest BCUT2D eigenvalue weighted by Crippen LogP contribution is -2.16. The fourth-order valence-corrected chi connectivity index (χ4v) is 3.31. The maximum absolute atomic E-state index is 5.88. The molecule has 2 aromatic rings. The fourth-order valence-electron chi connectivity index (χ4n) is 1.61. The zero-order chi connectivity index (χ0) is 11.5. The third-order valence-electron chi connectivity index (χ3n) is 2.36. The second kappa shape index (κ2) is 5.32. The lowest BCUT2D eigenvalue weighted by molar-refractivity contribution is 0.704. The molecule has 1 aromatic heterocycles. The quantitative estimate of drug-likeness (QED) is 0.881. The Hall–Kier alpha value is -0.350. The highest BCUT2D eigenvalue weighted by Crippen LogP contribution is 2.30. The minimum absolute atomic E-state index is 0.230. The first-order chi connectivity index (χ1) is 7.70. The molecule has 16 heavy (non-hydrogen) atoms. The standard InChI is InChI=1S/C12H11BrClNS/c1-15-12(11-6-9(13)7-16-11)8-2-4-10(14)5-3-8/h2-7,12,15H,1H3. The number of benzene rings is 1. The molecule has 0 radical (unpaired) electrons. The molecular weight excluding hydrogens is 306 g/mol. The van der Waals surface area contributed by atoms with Gasteiger partial charge < -0.3 is 5.32 Å². The van der Waals surface area contributed by atoms with E-state index in [1.165, 1.54) is 10.4 Å². The summed E-state index contributed by atoms with van der Waals surface area (Å²) < 4.78 is 1.13. The van der Waals surface area contributed by atoms with Crippen molar-refractivity contribution in [2.24, 2.45) is 0 Å². The second-order valence-corrected chi connectivity index (χ2v) is 5.74. The average Bonchev–Trinajstić information content (AvgIpc) is 2.69. The van der Waals surface area contributed by atoms with E-state index < -0.39 is 0 Å². The van der Waals surface area contributed by atoms with Crippen molar-refractivity contribution in [3.05, 3.63) is 55.6 Å². The molecule has 4 heteroatoms. The summed E-state index contributed by atoms with van der Waals surface area (Å²) in [4.78, 5) is 1.29. The van der Waals surface area contributed by atoms with E-state index in [-0.39, 0.29) is 6.04 Å². The third-order valence-corrected chi connectivity index (χ3v) is 4.37. The molecule has 0 aliphatic heterocycles. The van der Waals surface area contributed by atoms with E-state index in [4.69, 9.17) is 11.6 Å². The molecule has 1 nitrogen and oxygen atoms in total. The third kappa shape index (κ3) is 2.66. The highest BCUT2D eigenvalue weighted by atomic mass is 79.9. The van der Waals surface area contributed by atoms with Crippen LogP contribution >= 0.6 is 38.9 Å². The van der Waals surface area contributed by atoms with E-state index in [1.807, 2.05) is 19.2 Å². The van der Waals surface area contributed by atoms with Gasteiger partial charge in [-0.15, -0.1) is 11.3 Å². The van der Waals surface area contributed by atoms with Gasteiger partial charge in [-0.1, -0.05) is 23.7 Å². The largest absolute Gasteiger partial charge is 0.309 e. The van der Waals surface area contributed by atoms with Gasteiger partial charge in [0.2, 0.25) is 0 Å². The van der Waals surface area contributed by atoms with Crippen molar-refractivity contribution in [3.63, 3.8) is 0 Å². The SMILES string of the molecule is CNC(c1ccc(Cl)cc1)c1cc(Br)cs1. The van der Waals surface area contributed by atoms with Crippen LogP contribution in [0.1, 0.15) is 16.5 Å². The van der Waals surface area contributed by atoms with Gasteiger partial charge in [-0.25, -0.2) is 0 Å². The fraction of sp³-hybridized carbons (Fsp3) is 0.167. The van der Waals surface area contributed by atoms with Crippen molar-refractivity contribution in [3.8, 4) is 0 Å². The van der Waals surface area contributed by atoms with E-state index >= 15 is 0 Å². The van der Waals surface area contributed by atoms with Crippen molar-refractivity contribution in [1.29, 1.82) is 0 Å². The van der Waals surface area contributed by atoms with Gasteiger partial charge in [0.05, 0.1) is 6.04 Å². The van der Waals surface area contributed by atoms with Gasteiger partial charge in [0.15, 0.2) is 0 Å². The maximum Gasteiger partial charge on any atom is 0.0669 e. The number of hydrogen-bond acceptors (Lipinski definition) is 2. The summed E-state index contributed by atoms with van der Waals surface area (Å²) in [5.74, 6) is 0. The Morgan fingerprint density at radius 3 is 2.50 bits per heavy atom. The van der Waals surface area contributed by atoms with E-state index in [1.54, 1.807) is 11.3 Å². The maximum atomic E-state index is 5.88. The van der Waals surface area contributed by atoms with Gasteiger partial charge in [-0.3, -0.25) is 0 Å². The van der Waals surface area contributed by atoms with E-state index in [2.05, 4.69) is 44.8 Å². The number of nitrogens with one attached hydrogen (secondary N) is 1. The molecule has 0 bridgehead atoms. The normalized spacial score (nSPS) is 12.7. The lowest BCUT2D eigenvalue weighted by atomic mass is 10.1. The molecule has 0 spiro atoms. The number of halogens is 2. The van der Waals surface area contributed by atoms with Crippen LogP contribution in [0.5, 0.6) is 0 Å². The van der Waals surface area contributed by atoms with Crippen molar-refractivity contribution in [2.45, 2.75) is 6.04 Å². The smallest absolute Gasteiger partial charge is 0.0669 e. The van der Waals surface area contributed by atoms with Gasteiger partial charge >= 0.3 is 0 Å². The van der Waals surface area contributed by atoms with Crippen LogP contribution in [0, 0.1) is 0 Å². The summed E-state index contributed by atoms with van der Waals surface area (Å²) in [6.07, 6.45) is 0. The first kappa shape index (κ1) is 12.1. The number of rotatable bonds is 3. The zero-order valence-electron chi connectivity index (χ0n) is 8.71. The van der Waals surface area contributed by atoms with Crippen LogP contribution in [0.25, 0.3) is 0 Å². The summed E-state index contributed by atoms with van der Waals surface area (Å²) in [7, 11) is 1.97. The molecule has 1 N–H and O–H groups in total. The van der Waals surface area contributed by atoms with Crippen molar-refractivity contribution in [2.75, 3.05) is 7.05 Å². The number of hydrogen-bond donors (Lipinski definition) is 1. The molecule has 1 aromatic carbocycles. The van der Waals surface area contributed by atoms with E-state index in [0.717, 1.165) is 9.50 Å². The van der Waals surface area contributed by atoms with Gasteiger partial charge in [-0.2, -0.15) is 0 Å². The predicted octanol–water partition coefficient (Wildman–Crippen LogP) is 4.47. The first-order valence-electron chi connectivity index (χ1n) is 4.87. The Morgan fingerprint density at radius 2 is 2.00 bits per heavy atom. The lowest BCUT2D eigenvalue weighted by Gasteiger charge is -2.14. The Balaban J connectivity index is 2.32. The molecule has 84 valence electrons. The molecule has 2 rings (SSSR count). The molecule has 1 atom stereocenters. The Kier molecular flexibility index (Phi) is 4.03. The van der Waals surface area contributed by atoms with Gasteiger partial charge in [0.1, 0.15) is 0 Å². The van der Waals surface area contributed by atoms with Gasteiger partial charge in [-0.05, 0) is 46.7 Å². The number of thiophene rings is 1. The van der Waals surface area contributed by atoms with Crippen molar-refractivity contribution < 1.29 is 0 Å². The van der Waals surface area contributed by atoms with Crippen molar-refractivity contribution >= 4 is 38.9 Å². The van der Waals surface area contributed by atoms with Crippen molar-refractivity contribution in [1.82, 2.24) is 5.32 Å². The van der Waals surface area contributed by atoms with Crippen LogP contribution in [-0.2, 0) is 0 Å². The van der Waals surface area contributed by atoms with Crippen LogP contribution in [-0.4, -0.2) is 7.05 Å². The average molecular weight is 317 g/mol. The second-order valence-electron chi connectivity index (χ2n) is 3.44. The molecule has 0 amide bonds. The highest BCUT2D eigenvalue weighted by molar-refractivity contribution is 9.10. The van der Waals surface area contributed by atoms with Crippen LogP contribution in [0.2, 0.25) is 5.02 Å². The summed E-state index contributed by atoms with van der Waals surface area (Å²) in [6, 6.07) is 10.3. The molecule has 0 saturated heterocycles. The molecule has 1 unspecified atom stereocenters. The monoisotopic (exact) mass is 315 g/mol. The summed E-state index contributed by atoms with van der Waals surface area (Å²) in [6.45, 7) is 0. The molecule has 1 heterocycles. The highest BCUT2D eigenvalue weighted by Gasteiger charge is 2.13. The topological polar surface area (TPSA) is 12.0 Å². The van der Waals surface area contributed by atoms with Crippen LogP contribution in [0.15, 0.2) is 40.2 Å². The Labute approximate surface area is 113 Å². The minimum atomic E-state index is 0.230. The summed E-state index contributed by atoms with van der Waals surface area (Å²) in [5, 5.41) is 6.18. The Bertz CT molecular complexity index is 466. The molecular formula is C12H11BrClNS. The van der Waals surface area contributed by atoms with E-state index in [9.17, 15) is 0 Å². The van der Waals surface area contributed by atoms with E-state index in [0.29, 0.717) is 0 Å². The van der Waals surface area contributed by atoms with Crippen LogP contribution in [0.3, 0.4) is 0 Å². The van der Waals surface area contributed by atoms with Gasteiger partial charge in [0.25, 0.3) is 0 Å².